The molecule has 0 aliphatic rings. The van der Waals surface area contributed by atoms with Crippen LogP contribution in [-0.2, 0) is 6.54 Å². The van der Waals surface area contributed by atoms with E-state index in [1.165, 1.54) is 4.68 Å². The summed E-state index contributed by atoms with van der Waals surface area (Å²) in [6.07, 6.45) is 0. The molecular weight excluding hydrogens is 234 g/mol. The van der Waals surface area contributed by atoms with Crippen molar-refractivity contribution in [2.45, 2.75) is 20.4 Å². The van der Waals surface area contributed by atoms with E-state index in [9.17, 15) is 4.79 Å². The first-order chi connectivity index (χ1) is 8.08. The minimum atomic E-state index is -0.209. The van der Waals surface area contributed by atoms with Crippen molar-refractivity contribution >= 4 is 17.0 Å². The van der Waals surface area contributed by atoms with Gasteiger partial charge in [-0.05, 0) is 23.4 Å². The van der Waals surface area contributed by atoms with Crippen molar-refractivity contribution in [1.82, 2.24) is 9.78 Å². The van der Waals surface area contributed by atoms with E-state index in [4.69, 9.17) is 5.73 Å². The summed E-state index contributed by atoms with van der Waals surface area (Å²) in [6, 6.07) is 5.57. The molecule has 0 atom stereocenters. The zero-order chi connectivity index (χ0) is 12.4. The van der Waals surface area contributed by atoms with Gasteiger partial charge in [-0.1, -0.05) is 19.9 Å². The molecule has 2 rings (SSSR count). The average Bonchev–Trinajstić information content (AvgIpc) is 2.77. The van der Waals surface area contributed by atoms with Crippen molar-refractivity contribution in [3.8, 4) is 10.6 Å². The van der Waals surface area contributed by atoms with Crippen LogP contribution in [-0.4, -0.2) is 9.78 Å². The van der Waals surface area contributed by atoms with Gasteiger partial charge in [-0.15, -0.1) is 11.3 Å². The quantitative estimate of drug-likeness (QED) is 0.907. The van der Waals surface area contributed by atoms with Crippen molar-refractivity contribution < 1.29 is 0 Å². The number of aromatic nitrogens is 2. The van der Waals surface area contributed by atoms with Gasteiger partial charge in [0.2, 0.25) is 0 Å². The van der Waals surface area contributed by atoms with E-state index in [2.05, 4.69) is 5.10 Å². The third kappa shape index (κ3) is 2.55. The van der Waals surface area contributed by atoms with E-state index >= 15 is 0 Å². The summed E-state index contributed by atoms with van der Waals surface area (Å²) < 4.78 is 1.45. The average molecular weight is 249 g/mol. The minimum absolute atomic E-state index is 0.209. The predicted octanol–water partition coefficient (Wildman–Crippen LogP) is 2.21. The molecule has 4 nitrogen and oxygen atoms in total. The SMILES string of the molecule is CC(C)Cn1nc(-c2cccs2)cc(N)c1=O. The number of hydrogen-bond acceptors (Lipinski definition) is 4. The van der Waals surface area contributed by atoms with Gasteiger partial charge in [0.1, 0.15) is 11.4 Å². The molecule has 0 saturated carbocycles. The molecule has 0 fully saturated rings. The van der Waals surface area contributed by atoms with Crippen LogP contribution in [0.4, 0.5) is 5.69 Å². The van der Waals surface area contributed by atoms with Gasteiger partial charge in [-0.25, -0.2) is 4.68 Å². The van der Waals surface area contributed by atoms with Crippen molar-refractivity contribution in [2.24, 2.45) is 5.92 Å². The Hall–Kier alpha value is -1.62. The molecule has 5 heteroatoms. The van der Waals surface area contributed by atoms with Crippen molar-refractivity contribution in [2.75, 3.05) is 5.73 Å². The lowest BCUT2D eigenvalue weighted by Crippen LogP contribution is -2.27. The topological polar surface area (TPSA) is 60.9 Å². The molecule has 0 spiro atoms. The maximum atomic E-state index is 11.8. The van der Waals surface area contributed by atoms with E-state index in [0.29, 0.717) is 12.5 Å². The first kappa shape index (κ1) is 11.9. The van der Waals surface area contributed by atoms with Gasteiger partial charge in [0, 0.05) is 6.54 Å². The summed E-state index contributed by atoms with van der Waals surface area (Å²) >= 11 is 1.58. The second kappa shape index (κ2) is 4.71. The van der Waals surface area contributed by atoms with Crippen LogP contribution in [0.5, 0.6) is 0 Å². The smallest absolute Gasteiger partial charge is 0.289 e. The van der Waals surface area contributed by atoms with Crippen LogP contribution >= 0.6 is 11.3 Å². The zero-order valence-corrected chi connectivity index (χ0v) is 10.7. The van der Waals surface area contributed by atoms with Gasteiger partial charge in [0.05, 0.1) is 4.88 Å². The molecule has 2 aromatic rings. The fraction of sp³-hybridized carbons (Fsp3) is 0.333. The van der Waals surface area contributed by atoms with Gasteiger partial charge in [0.15, 0.2) is 0 Å². The van der Waals surface area contributed by atoms with Gasteiger partial charge < -0.3 is 5.73 Å². The van der Waals surface area contributed by atoms with Gasteiger partial charge in [0.25, 0.3) is 5.56 Å². The normalized spacial score (nSPS) is 11.0. The Bertz CT molecular complexity index is 558. The lowest BCUT2D eigenvalue weighted by molar-refractivity contribution is 0.466. The Morgan fingerprint density at radius 1 is 1.53 bits per heavy atom. The number of nitrogens with two attached hydrogens (primary N) is 1. The van der Waals surface area contributed by atoms with E-state index in [1.54, 1.807) is 17.4 Å². The van der Waals surface area contributed by atoms with Crippen LogP contribution in [0.15, 0.2) is 28.4 Å². The van der Waals surface area contributed by atoms with E-state index in [0.717, 1.165) is 10.6 Å². The number of nitrogens with zero attached hydrogens (tertiary/aromatic N) is 2. The Labute approximate surface area is 104 Å². The van der Waals surface area contributed by atoms with E-state index < -0.39 is 0 Å². The first-order valence-electron chi connectivity index (χ1n) is 5.49. The summed E-state index contributed by atoms with van der Waals surface area (Å²) in [6.45, 7) is 4.67. The molecule has 0 amide bonds. The third-order valence-electron chi connectivity index (χ3n) is 2.31. The van der Waals surface area contributed by atoms with Gasteiger partial charge in [-0.3, -0.25) is 4.79 Å². The van der Waals surface area contributed by atoms with Crippen LogP contribution in [0.2, 0.25) is 0 Å². The zero-order valence-electron chi connectivity index (χ0n) is 9.88. The number of thiophene rings is 1. The molecule has 2 N–H and O–H groups in total. The Morgan fingerprint density at radius 3 is 2.88 bits per heavy atom. The molecular formula is C12H15N3OS. The molecule has 90 valence electrons. The summed E-state index contributed by atoms with van der Waals surface area (Å²) in [5.41, 5.74) is 6.54. The summed E-state index contributed by atoms with van der Waals surface area (Å²) in [4.78, 5) is 12.8. The van der Waals surface area contributed by atoms with Crippen LogP contribution in [0.3, 0.4) is 0 Å². The molecule has 0 bridgehead atoms. The molecule has 0 unspecified atom stereocenters. The molecule has 0 saturated heterocycles. The fourth-order valence-electron chi connectivity index (χ4n) is 1.58. The maximum absolute atomic E-state index is 11.8. The van der Waals surface area contributed by atoms with Crippen LogP contribution in [0.1, 0.15) is 13.8 Å². The number of hydrogen-bond donors (Lipinski definition) is 1. The monoisotopic (exact) mass is 249 g/mol. The highest BCUT2D eigenvalue weighted by Gasteiger charge is 2.09. The maximum Gasteiger partial charge on any atom is 0.289 e. The third-order valence-corrected chi connectivity index (χ3v) is 3.21. The lowest BCUT2D eigenvalue weighted by Gasteiger charge is -2.09. The minimum Gasteiger partial charge on any atom is -0.394 e. The molecule has 0 aliphatic heterocycles. The Morgan fingerprint density at radius 2 is 2.29 bits per heavy atom. The molecule has 0 radical (unpaired) electrons. The standard InChI is InChI=1S/C12H15N3OS/c1-8(2)7-15-12(16)9(13)6-10(14-15)11-4-3-5-17-11/h3-6,8H,7,13H2,1-2H3. The molecule has 2 aromatic heterocycles. The number of rotatable bonds is 3. The van der Waals surface area contributed by atoms with Crippen molar-refractivity contribution in [3.63, 3.8) is 0 Å². The van der Waals surface area contributed by atoms with Crippen molar-refractivity contribution in [1.29, 1.82) is 0 Å². The second-order valence-corrected chi connectivity index (χ2v) is 5.29. The summed E-state index contributed by atoms with van der Waals surface area (Å²) in [5, 5.41) is 6.33. The number of anilines is 1. The first-order valence-corrected chi connectivity index (χ1v) is 6.37. The van der Waals surface area contributed by atoms with Crippen molar-refractivity contribution in [3.05, 3.63) is 33.9 Å². The van der Waals surface area contributed by atoms with Gasteiger partial charge in [-0.2, -0.15) is 5.10 Å². The van der Waals surface area contributed by atoms with E-state index in [1.807, 2.05) is 31.4 Å². The second-order valence-electron chi connectivity index (χ2n) is 4.34. The molecule has 17 heavy (non-hydrogen) atoms. The largest absolute Gasteiger partial charge is 0.394 e. The van der Waals surface area contributed by atoms with Crippen LogP contribution < -0.4 is 11.3 Å². The highest BCUT2D eigenvalue weighted by molar-refractivity contribution is 7.13. The number of nitrogen functional groups attached to an aromatic ring is 1. The molecule has 0 aliphatic carbocycles. The van der Waals surface area contributed by atoms with E-state index in [-0.39, 0.29) is 11.2 Å². The van der Waals surface area contributed by atoms with Crippen LogP contribution in [0.25, 0.3) is 10.6 Å². The van der Waals surface area contributed by atoms with Crippen LogP contribution in [0, 0.1) is 5.92 Å². The molecule has 0 aromatic carbocycles. The summed E-state index contributed by atoms with van der Waals surface area (Å²) in [5.74, 6) is 0.359. The fourth-order valence-corrected chi connectivity index (χ4v) is 2.26. The lowest BCUT2D eigenvalue weighted by atomic mass is 10.2. The Balaban J connectivity index is 2.50. The highest BCUT2D eigenvalue weighted by atomic mass is 32.1. The predicted molar refractivity (Wildman–Crippen MR) is 71.1 cm³/mol. The Kier molecular flexibility index (Phi) is 3.28. The molecule has 2 heterocycles. The highest BCUT2D eigenvalue weighted by Crippen LogP contribution is 2.22. The summed E-state index contributed by atoms with van der Waals surface area (Å²) in [7, 11) is 0. The van der Waals surface area contributed by atoms with Gasteiger partial charge >= 0.3 is 0 Å².